The van der Waals surface area contributed by atoms with Crippen LogP contribution in [-0.2, 0) is 24.3 Å². The first kappa shape index (κ1) is 25.0. The zero-order chi connectivity index (χ0) is 24.9. The van der Waals surface area contributed by atoms with Crippen molar-refractivity contribution in [2.45, 2.75) is 37.1 Å². The number of nitrogens with zero attached hydrogens (tertiary/aromatic N) is 2. The molecule has 1 fully saturated rings. The van der Waals surface area contributed by atoms with Gasteiger partial charge in [0.25, 0.3) is 11.6 Å². The Morgan fingerprint density at radius 1 is 1.12 bits per heavy atom. The van der Waals surface area contributed by atoms with Gasteiger partial charge in [0.15, 0.2) is 12.4 Å². The highest BCUT2D eigenvalue weighted by Gasteiger charge is 2.38. The topological polar surface area (TPSA) is 153 Å². The van der Waals surface area contributed by atoms with E-state index in [2.05, 4.69) is 5.32 Å². The molecule has 2 aromatic rings. The number of hydrogen-bond acceptors (Lipinski definition) is 8. The molecule has 1 aliphatic rings. The van der Waals surface area contributed by atoms with Crippen molar-refractivity contribution in [3.8, 4) is 0 Å². The number of amides is 1. The second-order valence-corrected chi connectivity index (χ2v) is 9.53. The van der Waals surface area contributed by atoms with Gasteiger partial charge >= 0.3 is 5.97 Å². The smallest absolute Gasteiger partial charge is 0.324 e. The molecule has 1 saturated heterocycles. The third kappa shape index (κ3) is 5.64. The fraction of sp³-hybridized carbons (Fsp3) is 0.318. The van der Waals surface area contributed by atoms with Crippen LogP contribution in [0.25, 0.3) is 0 Å². The summed E-state index contributed by atoms with van der Waals surface area (Å²) in [5.74, 6) is -1.89. The summed E-state index contributed by atoms with van der Waals surface area (Å²) in [6.45, 7) is 0.730. The van der Waals surface area contributed by atoms with E-state index in [1.807, 2.05) is 0 Å². The third-order valence-corrected chi connectivity index (χ3v) is 7.24. The number of sulfonamides is 1. The highest BCUT2D eigenvalue weighted by molar-refractivity contribution is 7.89. The van der Waals surface area contributed by atoms with E-state index in [1.165, 1.54) is 55.5 Å². The number of hydrogen-bond donors (Lipinski definition) is 1. The molecule has 11 nitrogen and oxygen atoms in total. The van der Waals surface area contributed by atoms with E-state index in [0.29, 0.717) is 18.4 Å². The predicted octanol–water partition coefficient (Wildman–Crippen LogP) is 2.52. The zero-order valence-corrected chi connectivity index (χ0v) is 19.1. The van der Waals surface area contributed by atoms with Crippen LogP contribution in [-0.4, -0.2) is 54.5 Å². The van der Waals surface area contributed by atoms with Crippen molar-refractivity contribution >= 4 is 39.1 Å². The van der Waals surface area contributed by atoms with Crippen LogP contribution in [0.3, 0.4) is 0 Å². The lowest BCUT2D eigenvalue weighted by Gasteiger charge is -2.33. The maximum Gasteiger partial charge on any atom is 0.324 e. The molecule has 0 radical (unpaired) electrons. The van der Waals surface area contributed by atoms with Crippen LogP contribution in [0, 0.1) is 10.1 Å². The van der Waals surface area contributed by atoms with Crippen LogP contribution in [0.15, 0.2) is 53.4 Å². The number of anilines is 1. The normalized spacial score (nSPS) is 16.4. The zero-order valence-electron chi connectivity index (χ0n) is 18.3. The number of piperidine rings is 1. The first-order valence-corrected chi connectivity index (χ1v) is 11.9. The molecular formula is C22H23N3O8S. The first-order valence-electron chi connectivity index (χ1n) is 10.4. The molecule has 12 heteroatoms. The number of ketones is 1. The van der Waals surface area contributed by atoms with Gasteiger partial charge in [-0.15, -0.1) is 0 Å². The summed E-state index contributed by atoms with van der Waals surface area (Å²) >= 11 is 0. The van der Waals surface area contributed by atoms with Gasteiger partial charge in [-0.25, -0.2) is 8.42 Å². The molecule has 0 aromatic heterocycles. The van der Waals surface area contributed by atoms with Crippen molar-refractivity contribution in [2.24, 2.45) is 0 Å². The number of carbonyl (C=O) groups excluding carboxylic acids is 3. The highest BCUT2D eigenvalue weighted by Crippen LogP contribution is 2.27. The maximum absolute atomic E-state index is 13.2. The molecule has 0 bridgehead atoms. The Balaban J connectivity index is 1.69. The number of benzene rings is 2. The second kappa shape index (κ2) is 10.5. The minimum Gasteiger partial charge on any atom is -0.454 e. The van der Waals surface area contributed by atoms with Crippen molar-refractivity contribution in [2.75, 3.05) is 18.5 Å². The lowest BCUT2D eigenvalue weighted by Crippen LogP contribution is -2.48. The minimum absolute atomic E-state index is 0.0515. The summed E-state index contributed by atoms with van der Waals surface area (Å²) in [6.07, 6.45) is 1.36. The lowest BCUT2D eigenvalue weighted by atomic mass is 10.1. The second-order valence-electron chi connectivity index (χ2n) is 7.64. The quantitative estimate of drug-likeness (QED) is 0.257. The Morgan fingerprint density at radius 2 is 1.79 bits per heavy atom. The summed E-state index contributed by atoms with van der Waals surface area (Å²) in [5.41, 5.74) is -0.00911. The average molecular weight is 490 g/mol. The Hall–Kier alpha value is -3.64. The Labute approximate surface area is 195 Å². The SMILES string of the molecule is CC(=O)c1ccc(S(=O)(=O)N2CCCCC2C(=O)OCC(=O)Nc2ccccc2[N+](=O)[O-])cc1. The fourth-order valence-corrected chi connectivity index (χ4v) is 5.23. The van der Waals surface area contributed by atoms with Gasteiger partial charge in [-0.05, 0) is 44.4 Å². The molecule has 3 rings (SSSR count). The van der Waals surface area contributed by atoms with Crippen molar-refractivity contribution in [1.82, 2.24) is 4.31 Å². The van der Waals surface area contributed by atoms with Gasteiger partial charge < -0.3 is 10.1 Å². The van der Waals surface area contributed by atoms with Crippen molar-refractivity contribution in [1.29, 1.82) is 0 Å². The monoisotopic (exact) mass is 489 g/mol. The van der Waals surface area contributed by atoms with Crippen molar-refractivity contribution in [3.05, 3.63) is 64.2 Å². The number of nitro groups is 1. The molecule has 0 saturated carbocycles. The number of carbonyl (C=O) groups is 3. The lowest BCUT2D eigenvalue weighted by molar-refractivity contribution is -0.383. The minimum atomic E-state index is -4.06. The molecule has 0 aliphatic carbocycles. The highest BCUT2D eigenvalue weighted by atomic mass is 32.2. The third-order valence-electron chi connectivity index (χ3n) is 5.31. The van der Waals surface area contributed by atoms with E-state index in [4.69, 9.17) is 4.74 Å². The van der Waals surface area contributed by atoms with Crippen LogP contribution in [0.2, 0.25) is 0 Å². The van der Waals surface area contributed by atoms with Gasteiger partial charge in [0, 0.05) is 18.2 Å². The van der Waals surface area contributed by atoms with Gasteiger partial charge in [-0.1, -0.05) is 24.3 Å². The number of Topliss-reactive ketones (excluding diaryl/α,β-unsaturated/α-hetero) is 1. The number of nitro benzene ring substituents is 1. The van der Waals surface area contributed by atoms with Gasteiger partial charge in [0.1, 0.15) is 11.7 Å². The molecular weight excluding hydrogens is 466 g/mol. The molecule has 2 aromatic carbocycles. The molecule has 0 spiro atoms. The first-order chi connectivity index (χ1) is 16.1. The number of para-hydroxylation sites is 2. The van der Waals surface area contributed by atoms with Gasteiger partial charge in [-0.2, -0.15) is 4.31 Å². The van der Waals surface area contributed by atoms with E-state index in [9.17, 15) is 32.9 Å². The summed E-state index contributed by atoms with van der Waals surface area (Å²) in [7, 11) is -4.06. The largest absolute Gasteiger partial charge is 0.454 e. The molecule has 180 valence electrons. The van der Waals surface area contributed by atoms with Crippen molar-refractivity contribution < 1.29 is 32.5 Å². The summed E-state index contributed by atoms with van der Waals surface area (Å²) < 4.78 is 32.4. The molecule has 1 amide bonds. The average Bonchev–Trinajstić information content (AvgIpc) is 2.82. The van der Waals surface area contributed by atoms with Gasteiger partial charge in [0.2, 0.25) is 10.0 Å². The van der Waals surface area contributed by atoms with E-state index < -0.39 is 39.5 Å². The van der Waals surface area contributed by atoms with Crippen LogP contribution in [0.1, 0.15) is 36.5 Å². The van der Waals surface area contributed by atoms with Gasteiger partial charge in [-0.3, -0.25) is 24.5 Å². The molecule has 1 aliphatic heterocycles. The molecule has 1 atom stereocenters. The molecule has 1 unspecified atom stereocenters. The number of esters is 1. The maximum atomic E-state index is 13.2. The Kier molecular flexibility index (Phi) is 7.74. The summed E-state index contributed by atoms with van der Waals surface area (Å²) in [4.78, 5) is 46.7. The van der Waals surface area contributed by atoms with E-state index in [-0.39, 0.29) is 35.0 Å². The summed E-state index contributed by atoms with van der Waals surface area (Å²) in [5, 5.41) is 13.4. The van der Waals surface area contributed by atoms with Gasteiger partial charge in [0.05, 0.1) is 9.82 Å². The molecule has 1 heterocycles. The van der Waals surface area contributed by atoms with Crippen LogP contribution in [0.5, 0.6) is 0 Å². The van der Waals surface area contributed by atoms with E-state index >= 15 is 0 Å². The number of rotatable bonds is 8. The predicted molar refractivity (Wildman–Crippen MR) is 121 cm³/mol. The number of nitrogens with one attached hydrogen (secondary N) is 1. The number of ether oxygens (including phenoxy) is 1. The van der Waals surface area contributed by atoms with Crippen LogP contribution in [0.4, 0.5) is 11.4 Å². The Morgan fingerprint density at radius 3 is 2.44 bits per heavy atom. The van der Waals surface area contributed by atoms with Crippen LogP contribution < -0.4 is 5.32 Å². The van der Waals surface area contributed by atoms with Crippen LogP contribution >= 0.6 is 0 Å². The Bertz CT molecular complexity index is 1210. The standard InChI is InChI=1S/C22H23N3O8S/c1-15(26)16-9-11-17(12-10-16)34(31,32)24-13-5-4-8-20(24)22(28)33-14-21(27)23-18-6-2-3-7-19(18)25(29)30/h2-3,6-7,9-12,20H,4-5,8,13-14H2,1H3,(H,23,27). The van der Waals surface area contributed by atoms with E-state index in [1.54, 1.807) is 0 Å². The molecule has 34 heavy (non-hydrogen) atoms. The summed E-state index contributed by atoms with van der Waals surface area (Å²) in [6, 6.07) is 9.80. The molecule has 1 N–H and O–H groups in total. The fourth-order valence-electron chi connectivity index (χ4n) is 3.58. The van der Waals surface area contributed by atoms with E-state index in [0.717, 1.165) is 4.31 Å². The van der Waals surface area contributed by atoms with Crippen molar-refractivity contribution in [3.63, 3.8) is 0 Å².